The van der Waals surface area contributed by atoms with Crippen LogP contribution in [0.4, 0.5) is 5.82 Å². The molecule has 1 aromatic carbocycles. The molecule has 0 aliphatic heterocycles. The molecule has 9 heteroatoms. The van der Waals surface area contributed by atoms with E-state index in [2.05, 4.69) is 20.4 Å². The number of methoxy groups -OCH3 is 1. The Bertz CT molecular complexity index is 1360. The number of amides is 1. The Balaban J connectivity index is 1.55. The topological polar surface area (TPSA) is 99.2 Å². The van der Waals surface area contributed by atoms with Crippen LogP contribution in [-0.2, 0) is 0 Å². The lowest BCUT2D eigenvalue weighted by Crippen LogP contribution is -2.15. The monoisotopic (exact) mass is 411 g/mol. The lowest BCUT2D eigenvalue weighted by Gasteiger charge is -2.09. The van der Waals surface area contributed by atoms with Gasteiger partial charge in [-0.15, -0.1) is 0 Å². The van der Waals surface area contributed by atoms with Crippen molar-refractivity contribution in [2.45, 2.75) is 0 Å². The van der Waals surface area contributed by atoms with E-state index in [1.54, 1.807) is 47.2 Å². The number of carbonyl (C=O) groups excluding carboxylic acids is 1. The normalized spacial score (nSPS) is 10.9. The minimum absolute atomic E-state index is 0.329. The summed E-state index contributed by atoms with van der Waals surface area (Å²) in [5.74, 6) is 0.912. The summed E-state index contributed by atoms with van der Waals surface area (Å²) in [5, 5.41) is 11.8. The predicted molar refractivity (Wildman–Crippen MR) is 114 cm³/mol. The summed E-state index contributed by atoms with van der Waals surface area (Å²) in [6, 6.07) is 14.7. The van der Waals surface area contributed by atoms with Crippen molar-refractivity contribution in [3.63, 3.8) is 0 Å². The summed E-state index contributed by atoms with van der Waals surface area (Å²) in [4.78, 5) is 21.4. The largest absolute Gasteiger partial charge is 0.497 e. The number of nitrogens with one attached hydrogen (secondary N) is 1. The minimum atomic E-state index is -0.329. The third-order valence-corrected chi connectivity index (χ3v) is 4.77. The molecule has 0 bridgehead atoms. The minimum Gasteiger partial charge on any atom is -0.497 e. The van der Waals surface area contributed by atoms with Crippen LogP contribution < -0.4 is 10.1 Å². The Labute approximate surface area is 177 Å². The van der Waals surface area contributed by atoms with Crippen LogP contribution in [0.5, 0.6) is 5.75 Å². The number of benzene rings is 1. The van der Waals surface area contributed by atoms with Gasteiger partial charge in [-0.25, -0.2) is 14.2 Å². The maximum atomic E-state index is 13.0. The first-order valence-corrected chi connectivity index (χ1v) is 9.47. The van der Waals surface area contributed by atoms with E-state index in [0.29, 0.717) is 22.7 Å². The summed E-state index contributed by atoms with van der Waals surface area (Å²) in [5.41, 5.74) is 3.20. The molecular weight excluding hydrogens is 394 g/mol. The molecule has 4 aromatic heterocycles. The second-order valence-electron chi connectivity index (χ2n) is 6.66. The predicted octanol–water partition coefficient (Wildman–Crippen LogP) is 3.24. The fourth-order valence-electron chi connectivity index (χ4n) is 3.23. The number of rotatable bonds is 5. The van der Waals surface area contributed by atoms with Crippen molar-refractivity contribution in [2.75, 3.05) is 12.4 Å². The molecule has 0 saturated heterocycles. The van der Waals surface area contributed by atoms with Crippen LogP contribution in [0.25, 0.3) is 22.6 Å². The van der Waals surface area contributed by atoms with E-state index in [1.165, 1.54) is 6.20 Å². The van der Waals surface area contributed by atoms with E-state index in [1.807, 2.05) is 42.5 Å². The Morgan fingerprint density at radius 2 is 1.87 bits per heavy atom. The molecule has 0 fully saturated rings. The van der Waals surface area contributed by atoms with E-state index in [9.17, 15) is 4.79 Å². The Morgan fingerprint density at radius 3 is 2.65 bits per heavy atom. The standard InChI is InChI=1S/C22H17N7O2/c1-31-17-5-3-16(4-6-17)29-20(13-19(27-29)15-7-10-23-11-8-15)26-22(30)18-14-25-28-12-2-9-24-21(18)28/h2-14H,1H3,(H,26,30). The highest BCUT2D eigenvalue weighted by atomic mass is 16.5. The van der Waals surface area contributed by atoms with Crippen molar-refractivity contribution in [2.24, 2.45) is 0 Å². The number of fused-ring (bicyclic) bond motifs is 1. The van der Waals surface area contributed by atoms with Gasteiger partial charge in [0, 0.05) is 36.4 Å². The van der Waals surface area contributed by atoms with Gasteiger partial charge in [-0.05, 0) is 42.5 Å². The zero-order valence-corrected chi connectivity index (χ0v) is 16.5. The lowest BCUT2D eigenvalue weighted by molar-refractivity contribution is 0.102. The van der Waals surface area contributed by atoms with Crippen LogP contribution >= 0.6 is 0 Å². The Kier molecular flexibility index (Phi) is 4.60. The van der Waals surface area contributed by atoms with Crippen molar-refractivity contribution in [3.8, 4) is 22.7 Å². The van der Waals surface area contributed by atoms with Gasteiger partial charge in [0.25, 0.3) is 5.91 Å². The maximum Gasteiger partial charge on any atom is 0.262 e. The van der Waals surface area contributed by atoms with Gasteiger partial charge in [-0.3, -0.25) is 9.78 Å². The molecule has 152 valence electrons. The second-order valence-corrected chi connectivity index (χ2v) is 6.66. The number of carbonyl (C=O) groups is 1. The van der Waals surface area contributed by atoms with Gasteiger partial charge in [0.05, 0.1) is 24.7 Å². The van der Waals surface area contributed by atoms with E-state index < -0.39 is 0 Å². The average molecular weight is 411 g/mol. The zero-order chi connectivity index (χ0) is 21.2. The molecule has 4 heterocycles. The van der Waals surface area contributed by atoms with E-state index >= 15 is 0 Å². The van der Waals surface area contributed by atoms with Crippen molar-refractivity contribution >= 4 is 17.4 Å². The molecule has 0 unspecified atom stereocenters. The lowest BCUT2D eigenvalue weighted by atomic mass is 10.2. The molecule has 0 aliphatic carbocycles. The molecule has 5 rings (SSSR count). The van der Waals surface area contributed by atoms with Gasteiger partial charge in [-0.1, -0.05) is 0 Å². The van der Waals surface area contributed by atoms with Gasteiger partial charge in [-0.2, -0.15) is 10.2 Å². The highest BCUT2D eigenvalue weighted by Crippen LogP contribution is 2.26. The van der Waals surface area contributed by atoms with Gasteiger partial charge in [0.15, 0.2) is 5.65 Å². The van der Waals surface area contributed by atoms with Crippen LogP contribution in [0.3, 0.4) is 0 Å². The molecule has 1 amide bonds. The molecule has 0 aliphatic rings. The first-order chi connectivity index (χ1) is 15.2. The molecule has 0 saturated carbocycles. The molecule has 1 N–H and O–H groups in total. The second kappa shape index (κ2) is 7.71. The van der Waals surface area contributed by atoms with E-state index in [0.717, 1.165) is 17.0 Å². The molecular formula is C22H17N7O2. The summed E-state index contributed by atoms with van der Waals surface area (Å²) >= 11 is 0. The van der Waals surface area contributed by atoms with Gasteiger partial charge in [0.1, 0.15) is 17.1 Å². The quantitative estimate of drug-likeness (QED) is 0.477. The summed E-state index contributed by atoms with van der Waals surface area (Å²) in [6.07, 6.45) is 8.25. The number of pyridine rings is 1. The number of ether oxygens (including phenoxy) is 1. The number of aromatic nitrogens is 6. The van der Waals surface area contributed by atoms with Crippen LogP contribution in [-0.4, -0.2) is 42.4 Å². The molecule has 9 nitrogen and oxygen atoms in total. The van der Waals surface area contributed by atoms with Crippen LogP contribution in [0.1, 0.15) is 10.4 Å². The fraction of sp³-hybridized carbons (Fsp3) is 0.0455. The first-order valence-electron chi connectivity index (χ1n) is 9.47. The Hall–Kier alpha value is -4.53. The number of anilines is 1. The highest BCUT2D eigenvalue weighted by Gasteiger charge is 2.18. The van der Waals surface area contributed by atoms with Crippen molar-refractivity contribution < 1.29 is 9.53 Å². The maximum absolute atomic E-state index is 13.0. The number of hydrogen-bond acceptors (Lipinski definition) is 6. The SMILES string of the molecule is COc1ccc(-n2nc(-c3ccncc3)cc2NC(=O)c2cnn3cccnc23)cc1. The van der Waals surface area contributed by atoms with E-state index in [-0.39, 0.29) is 5.91 Å². The average Bonchev–Trinajstić information content (AvgIpc) is 3.44. The highest BCUT2D eigenvalue weighted by molar-refractivity contribution is 6.08. The summed E-state index contributed by atoms with van der Waals surface area (Å²) in [6.45, 7) is 0. The molecule has 0 radical (unpaired) electrons. The number of hydrogen-bond donors (Lipinski definition) is 1. The molecule has 5 aromatic rings. The fourth-order valence-corrected chi connectivity index (χ4v) is 3.23. The Morgan fingerprint density at radius 1 is 1.06 bits per heavy atom. The van der Waals surface area contributed by atoms with Gasteiger partial charge in [0.2, 0.25) is 0 Å². The van der Waals surface area contributed by atoms with E-state index in [4.69, 9.17) is 9.84 Å². The van der Waals surface area contributed by atoms with Gasteiger partial charge >= 0.3 is 0 Å². The zero-order valence-electron chi connectivity index (χ0n) is 16.5. The smallest absolute Gasteiger partial charge is 0.262 e. The van der Waals surface area contributed by atoms with Gasteiger partial charge < -0.3 is 10.1 Å². The van der Waals surface area contributed by atoms with Crippen LogP contribution in [0.15, 0.2) is 79.5 Å². The molecule has 0 spiro atoms. The third kappa shape index (κ3) is 3.48. The van der Waals surface area contributed by atoms with Crippen molar-refractivity contribution in [1.82, 2.24) is 29.4 Å². The molecule has 31 heavy (non-hydrogen) atoms. The van der Waals surface area contributed by atoms with Crippen LogP contribution in [0, 0.1) is 0 Å². The first kappa shape index (κ1) is 18.5. The summed E-state index contributed by atoms with van der Waals surface area (Å²) in [7, 11) is 1.61. The third-order valence-electron chi connectivity index (χ3n) is 4.77. The van der Waals surface area contributed by atoms with Crippen molar-refractivity contribution in [3.05, 3.63) is 85.1 Å². The number of nitrogens with zero attached hydrogens (tertiary/aromatic N) is 6. The summed E-state index contributed by atoms with van der Waals surface area (Å²) < 4.78 is 8.47. The molecule has 0 atom stereocenters. The van der Waals surface area contributed by atoms with Crippen molar-refractivity contribution in [1.29, 1.82) is 0 Å². The van der Waals surface area contributed by atoms with Crippen LogP contribution in [0.2, 0.25) is 0 Å².